The van der Waals surface area contributed by atoms with E-state index in [4.69, 9.17) is 9.16 Å². The molecule has 4 aliphatic carbocycles. The number of ether oxygens (including phenoxy) is 1. The van der Waals surface area contributed by atoms with Crippen molar-refractivity contribution in [1.82, 2.24) is 5.32 Å². The van der Waals surface area contributed by atoms with Crippen LogP contribution in [0.3, 0.4) is 0 Å². The lowest BCUT2D eigenvalue weighted by atomic mass is 9.48. The molecule has 210 valence electrons. The van der Waals surface area contributed by atoms with Gasteiger partial charge in [0.05, 0.1) is 12.7 Å². The molecule has 2 aromatic rings. The lowest BCUT2D eigenvalue weighted by Gasteiger charge is -2.57. The number of hydrogen-bond donors (Lipinski definition) is 2. The van der Waals surface area contributed by atoms with Gasteiger partial charge in [-0.05, 0) is 116 Å². The molecule has 4 saturated carbocycles. The summed E-state index contributed by atoms with van der Waals surface area (Å²) in [6, 6.07) is 11.0. The number of aromatic carboxylic acids is 1. The Hall–Kier alpha value is -2.80. The molecule has 1 amide bonds. The van der Waals surface area contributed by atoms with Crippen molar-refractivity contribution in [2.24, 2.45) is 17.8 Å². The van der Waals surface area contributed by atoms with Gasteiger partial charge in [0.25, 0.3) is 14.2 Å². The van der Waals surface area contributed by atoms with E-state index in [0.717, 1.165) is 29.1 Å². The number of rotatable bonds is 8. The minimum atomic E-state index is -2.25. The van der Waals surface area contributed by atoms with Crippen LogP contribution >= 0.6 is 0 Å². The van der Waals surface area contributed by atoms with Gasteiger partial charge in [-0.2, -0.15) is 0 Å². The highest BCUT2D eigenvalue weighted by Crippen LogP contribution is 2.62. The van der Waals surface area contributed by atoms with Crippen LogP contribution in [0.15, 0.2) is 36.4 Å². The van der Waals surface area contributed by atoms with Crippen LogP contribution in [0.5, 0.6) is 11.5 Å². The van der Waals surface area contributed by atoms with E-state index in [1.807, 2.05) is 12.1 Å². The Bertz CT molecular complexity index is 1240. The van der Waals surface area contributed by atoms with Crippen LogP contribution < -0.4 is 14.5 Å². The van der Waals surface area contributed by atoms with Crippen LogP contribution in [0, 0.1) is 17.8 Å². The van der Waals surface area contributed by atoms with E-state index in [1.54, 1.807) is 25.3 Å². The lowest BCUT2D eigenvalue weighted by Crippen LogP contribution is -2.48. The molecule has 2 N–H and O–H groups in total. The quantitative estimate of drug-likeness (QED) is 0.341. The molecule has 0 atom stereocenters. The first-order valence-corrected chi connectivity index (χ1v) is 17.2. The van der Waals surface area contributed by atoms with Gasteiger partial charge in [-0.3, -0.25) is 4.79 Å². The first-order valence-electron chi connectivity index (χ1n) is 14.3. The number of hydrogen-bond acceptors (Lipinski definition) is 4. The summed E-state index contributed by atoms with van der Waals surface area (Å²) in [6.07, 6.45) is 7.70. The van der Waals surface area contributed by atoms with Crippen LogP contribution in [-0.4, -0.2) is 32.4 Å². The number of carboxylic acid groups (broad SMARTS) is 1. The van der Waals surface area contributed by atoms with Crippen LogP contribution in [0.1, 0.15) is 91.1 Å². The molecule has 0 spiro atoms. The van der Waals surface area contributed by atoms with Gasteiger partial charge >= 0.3 is 5.97 Å². The minimum absolute atomic E-state index is 0.0736. The van der Waals surface area contributed by atoms with E-state index < -0.39 is 14.3 Å². The van der Waals surface area contributed by atoms with Gasteiger partial charge in [0.2, 0.25) is 0 Å². The van der Waals surface area contributed by atoms with Gasteiger partial charge in [-0.1, -0.05) is 26.8 Å². The second-order valence-corrected chi connectivity index (χ2v) is 18.5. The van der Waals surface area contributed by atoms with Gasteiger partial charge in [-0.15, -0.1) is 0 Å². The molecule has 0 unspecified atom stereocenters. The van der Waals surface area contributed by atoms with E-state index in [9.17, 15) is 14.7 Å². The van der Waals surface area contributed by atoms with Gasteiger partial charge in [0.15, 0.2) is 0 Å². The molecule has 6 rings (SSSR count). The third-order valence-corrected chi connectivity index (χ3v) is 14.3. The molecule has 6 nitrogen and oxygen atoms in total. The largest absolute Gasteiger partial charge is 0.543 e. The van der Waals surface area contributed by atoms with Gasteiger partial charge in [-0.25, -0.2) is 4.79 Å². The van der Waals surface area contributed by atoms with Crippen molar-refractivity contribution in [3.05, 3.63) is 58.7 Å². The third-order valence-electron chi connectivity index (χ3n) is 9.97. The average Bonchev–Trinajstić information content (AvgIpc) is 2.85. The maximum absolute atomic E-state index is 13.3. The third kappa shape index (κ3) is 5.34. The number of amides is 1. The number of carbonyl (C=O) groups excluding carboxylic acids is 1. The normalized spacial score (nSPS) is 25.8. The molecule has 39 heavy (non-hydrogen) atoms. The van der Waals surface area contributed by atoms with Crippen molar-refractivity contribution in [1.29, 1.82) is 0 Å². The zero-order valence-electron chi connectivity index (χ0n) is 24.2. The summed E-state index contributed by atoms with van der Waals surface area (Å²) < 4.78 is 12.2. The summed E-state index contributed by atoms with van der Waals surface area (Å²) >= 11 is 0. The molecule has 0 aromatic heterocycles. The van der Waals surface area contributed by atoms with Crippen molar-refractivity contribution in [2.45, 2.75) is 89.4 Å². The number of nitrogens with one attached hydrogen (secondary N) is 1. The minimum Gasteiger partial charge on any atom is -0.543 e. The summed E-state index contributed by atoms with van der Waals surface area (Å²) in [6.45, 7) is 10.8. The predicted octanol–water partition coefficient (Wildman–Crippen LogP) is 7.18. The Morgan fingerprint density at radius 2 is 1.59 bits per heavy atom. The molecule has 2 aromatic carbocycles. The fraction of sp³-hybridized carbons (Fsp3) is 0.562. The van der Waals surface area contributed by atoms with Gasteiger partial charge in [0.1, 0.15) is 11.5 Å². The Balaban J connectivity index is 1.35. The topological polar surface area (TPSA) is 84.9 Å². The summed E-state index contributed by atoms with van der Waals surface area (Å²) in [4.78, 5) is 25.2. The highest BCUT2D eigenvalue weighted by atomic mass is 28.4. The molecule has 0 saturated heterocycles. The van der Waals surface area contributed by atoms with Crippen molar-refractivity contribution in [3.63, 3.8) is 0 Å². The summed E-state index contributed by atoms with van der Waals surface area (Å²) in [5.41, 5.74) is 2.91. The van der Waals surface area contributed by atoms with Crippen molar-refractivity contribution in [2.75, 3.05) is 7.11 Å². The molecular formula is C32H43NO5Si. The number of carboxylic acids is 1. The molecular weight excluding hydrogens is 506 g/mol. The molecule has 4 aliphatic rings. The standard InChI is InChI=1S/C32H43NO5Si/c1-31(2,3)39(5,6)38-28-14-20(7-9-25(28)30(35)36)19-33-29(34)24-8-10-27(37-4)26(15-24)32-16-21-11-22(17-32)13-23(12-21)18-32/h7-10,14-15,21-23H,11-13,16-19H2,1-6H3,(H,33,34)(H,35,36). The molecule has 0 radical (unpaired) electrons. The smallest absolute Gasteiger partial charge is 0.339 e. The van der Waals surface area contributed by atoms with Crippen molar-refractivity contribution >= 4 is 20.2 Å². The van der Waals surface area contributed by atoms with E-state index in [0.29, 0.717) is 11.3 Å². The average molecular weight is 550 g/mol. The molecule has 7 heteroatoms. The molecule has 4 bridgehead atoms. The van der Waals surface area contributed by atoms with Crippen LogP contribution in [0.25, 0.3) is 0 Å². The highest BCUT2D eigenvalue weighted by Gasteiger charge is 2.52. The van der Waals surface area contributed by atoms with Gasteiger partial charge in [0, 0.05) is 17.7 Å². The fourth-order valence-electron chi connectivity index (χ4n) is 7.35. The molecule has 0 heterocycles. The van der Waals surface area contributed by atoms with Crippen molar-refractivity contribution in [3.8, 4) is 11.5 Å². The summed E-state index contributed by atoms with van der Waals surface area (Å²) in [5.74, 6) is 2.51. The van der Waals surface area contributed by atoms with E-state index >= 15 is 0 Å². The Morgan fingerprint density at radius 3 is 2.13 bits per heavy atom. The van der Waals surface area contributed by atoms with E-state index in [-0.39, 0.29) is 28.5 Å². The zero-order chi connectivity index (χ0) is 28.2. The Labute approximate surface area is 233 Å². The summed E-state index contributed by atoms with van der Waals surface area (Å²) in [5, 5.41) is 12.7. The number of carbonyl (C=O) groups is 2. The van der Waals surface area contributed by atoms with E-state index in [1.165, 1.54) is 44.1 Å². The van der Waals surface area contributed by atoms with Crippen LogP contribution in [0.2, 0.25) is 18.1 Å². The lowest BCUT2D eigenvalue weighted by molar-refractivity contribution is -0.00617. The maximum atomic E-state index is 13.3. The first kappa shape index (κ1) is 27.8. The summed E-state index contributed by atoms with van der Waals surface area (Å²) in [7, 11) is -0.525. The van der Waals surface area contributed by atoms with Crippen molar-refractivity contribution < 1.29 is 23.9 Å². The van der Waals surface area contributed by atoms with Crippen LogP contribution in [-0.2, 0) is 12.0 Å². The fourth-order valence-corrected chi connectivity index (χ4v) is 8.38. The maximum Gasteiger partial charge on any atom is 0.339 e. The molecule has 0 aliphatic heterocycles. The van der Waals surface area contributed by atoms with Crippen LogP contribution in [0.4, 0.5) is 0 Å². The van der Waals surface area contributed by atoms with E-state index in [2.05, 4.69) is 45.2 Å². The second-order valence-electron chi connectivity index (χ2n) is 13.8. The highest BCUT2D eigenvalue weighted by molar-refractivity contribution is 6.74. The molecule has 4 fully saturated rings. The number of benzene rings is 2. The first-order chi connectivity index (χ1) is 18.3. The SMILES string of the molecule is COc1ccc(C(=O)NCc2ccc(C(=O)O)c(O[Si](C)(C)C(C)(C)C)c2)cc1C12CC3CC(CC(C3)C1)C2. The number of methoxy groups -OCH3 is 1. The van der Waals surface area contributed by atoms with Gasteiger partial charge < -0.3 is 19.6 Å². The monoisotopic (exact) mass is 549 g/mol. The Kier molecular flexibility index (Phi) is 7.11. The zero-order valence-corrected chi connectivity index (χ0v) is 25.2. The Morgan fingerprint density at radius 1 is 0.974 bits per heavy atom. The second kappa shape index (κ2) is 9.99. The predicted molar refractivity (Wildman–Crippen MR) is 155 cm³/mol.